The number of carbonyl (C=O) groups is 1. The van der Waals surface area contributed by atoms with Gasteiger partial charge in [-0.2, -0.15) is 0 Å². The second-order valence-corrected chi connectivity index (χ2v) is 9.39. The predicted octanol–water partition coefficient (Wildman–Crippen LogP) is 2.14. The van der Waals surface area contributed by atoms with Crippen molar-refractivity contribution >= 4 is 5.97 Å². The van der Waals surface area contributed by atoms with Crippen molar-refractivity contribution in [1.29, 1.82) is 0 Å². The Morgan fingerprint density at radius 2 is 2.04 bits per heavy atom. The average Bonchev–Trinajstić information content (AvgIpc) is 2.95. The van der Waals surface area contributed by atoms with E-state index in [4.69, 9.17) is 9.47 Å². The minimum Gasteiger partial charge on any atom is -0.434 e. The highest BCUT2D eigenvalue weighted by molar-refractivity contribution is 5.82. The maximum Gasteiger partial charge on any atom is 0.317 e. The van der Waals surface area contributed by atoms with Gasteiger partial charge in [0.25, 0.3) is 0 Å². The Kier molecular flexibility index (Phi) is 2.93. The molecule has 0 amide bonds. The molecule has 2 bridgehead atoms. The summed E-state index contributed by atoms with van der Waals surface area (Å²) in [5.41, 5.74) is -0.930. The zero-order chi connectivity index (χ0) is 17.8. The molecule has 0 aromatic rings. The molecule has 1 unspecified atom stereocenters. The molecular weight excluding hydrogens is 320 g/mol. The molecule has 5 nitrogen and oxygen atoms in total. The fourth-order valence-corrected chi connectivity index (χ4v) is 6.97. The van der Waals surface area contributed by atoms with Crippen LogP contribution in [-0.4, -0.2) is 34.9 Å². The van der Waals surface area contributed by atoms with Crippen molar-refractivity contribution in [3.05, 3.63) is 24.3 Å². The number of carbonyl (C=O) groups excluding carboxylic acids is 1. The third-order valence-electron chi connectivity index (χ3n) is 7.96. The molecule has 5 rings (SSSR count). The summed E-state index contributed by atoms with van der Waals surface area (Å²) in [6.07, 6.45) is 4.83. The Balaban J connectivity index is 1.73. The molecule has 2 saturated heterocycles. The summed E-state index contributed by atoms with van der Waals surface area (Å²) in [5.74, 6) is -0.469. The summed E-state index contributed by atoms with van der Waals surface area (Å²) in [7, 11) is 0. The van der Waals surface area contributed by atoms with E-state index in [1.165, 1.54) is 0 Å². The van der Waals surface area contributed by atoms with E-state index in [0.29, 0.717) is 6.42 Å². The van der Waals surface area contributed by atoms with Crippen molar-refractivity contribution in [3.8, 4) is 0 Å². The predicted molar refractivity (Wildman–Crippen MR) is 88.8 cm³/mol. The van der Waals surface area contributed by atoms with Crippen LogP contribution in [0, 0.1) is 34.0 Å². The van der Waals surface area contributed by atoms with E-state index in [0.717, 1.165) is 24.8 Å². The van der Waals surface area contributed by atoms with E-state index < -0.39 is 29.5 Å². The molecule has 4 fully saturated rings. The molecule has 0 aromatic heterocycles. The van der Waals surface area contributed by atoms with Crippen LogP contribution in [0.1, 0.15) is 39.5 Å². The van der Waals surface area contributed by atoms with E-state index in [1.54, 1.807) is 0 Å². The van der Waals surface area contributed by atoms with E-state index in [-0.39, 0.29) is 29.1 Å². The van der Waals surface area contributed by atoms with Crippen LogP contribution in [0.15, 0.2) is 24.3 Å². The van der Waals surface area contributed by atoms with Gasteiger partial charge in [0.1, 0.15) is 5.41 Å². The first kappa shape index (κ1) is 16.0. The molecule has 2 spiro atoms. The van der Waals surface area contributed by atoms with Crippen LogP contribution in [0.2, 0.25) is 0 Å². The summed E-state index contributed by atoms with van der Waals surface area (Å²) in [6.45, 7) is 8.34. The second kappa shape index (κ2) is 4.56. The number of fused-ring (bicyclic) bond motifs is 1. The highest BCUT2D eigenvalue weighted by Gasteiger charge is 2.77. The van der Waals surface area contributed by atoms with E-state index >= 15 is 0 Å². The standard InChI is InChI=1S/C20H26O5/c1-10-11-5-6-12-19-8-4-7-18(2,3)13(19)15(22)24-17(19)25-16(23)20(12,9-11)14(10)21/h4,8,11-15,17,21-22H,1,5-7,9H2,2-3H3/t11-,12+,13-,14-,15-,17?,19-,20+/m1/s1. The largest absolute Gasteiger partial charge is 0.434 e. The zero-order valence-corrected chi connectivity index (χ0v) is 14.8. The highest BCUT2D eigenvalue weighted by atomic mass is 16.8. The van der Waals surface area contributed by atoms with Crippen molar-refractivity contribution in [3.63, 3.8) is 0 Å². The van der Waals surface area contributed by atoms with Gasteiger partial charge in [0.15, 0.2) is 6.29 Å². The summed E-state index contributed by atoms with van der Waals surface area (Å²) in [6, 6.07) is 0. The SMILES string of the molecule is C=C1[C@@H]2CC[C@@H]3[C@](C2)(C(=O)OC2O[C@@H](O)[C@@H]4C(C)(C)CC=C[C@]243)[C@@H]1O. The van der Waals surface area contributed by atoms with Gasteiger partial charge >= 0.3 is 5.97 Å². The molecule has 8 atom stereocenters. The van der Waals surface area contributed by atoms with Gasteiger partial charge in [-0.1, -0.05) is 32.6 Å². The fourth-order valence-electron chi connectivity index (χ4n) is 6.97. The Hall–Kier alpha value is -1.17. The monoisotopic (exact) mass is 346 g/mol. The van der Waals surface area contributed by atoms with Gasteiger partial charge < -0.3 is 19.7 Å². The highest BCUT2D eigenvalue weighted by Crippen LogP contribution is 2.71. The first-order valence-corrected chi connectivity index (χ1v) is 9.34. The third-order valence-corrected chi connectivity index (χ3v) is 7.96. The quantitative estimate of drug-likeness (QED) is 0.519. The minimum atomic E-state index is -0.965. The first-order chi connectivity index (χ1) is 11.7. The van der Waals surface area contributed by atoms with Crippen molar-refractivity contribution < 1.29 is 24.5 Å². The molecule has 25 heavy (non-hydrogen) atoms. The summed E-state index contributed by atoms with van der Waals surface area (Å²) < 4.78 is 11.6. The van der Waals surface area contributed by atoms with Gasteiger partial charge in [0.05, 0.1) is 11.5 Å². The Bertz CT molecular complexity index is 696. The molecule has 0 aromatic carbocycles. The first-order valence-electron chi connectivity index (χ1n) is 9.34. The lowest BCUT2D eigenvalue weighted by Crippen LogP contribution is -2.64. The third kappa shape index (κ3) is 1.59. The zero-order valence-electron chi connectivity index (χ0n) is 14.8. The Labute approximate surface area is 147 Å². The number of rotatable bonds is 0. The van der Waals surface area contributed by atoms with Crippen LogP contribution in [0.4, 0.5) is 0 Å². The number of esters is 1. The fraction of sp³-hybridized carbons (Fsp3) is 0.750. The van der Waals surface area contributed by atoms with Gasteiger partial charge in [0.2, 0.25) is 6.29 Å². The minimum absolute atomic E-state index is 0.102. The molecule has 0 radical (unpaired) electrons. The Morgan fingerprint density at radius 3 is 2.80 bits per heavy atom. The number of ether oxygens (including phenoxy) is 2. The summed E-state index contributed by atoms with van der Waals surface area (Å²) in [5, 5.41) is 21.7. The number of hydrogen-bond donors (Lipinski definition) is 2. The van der Waals surface area contributed by atoms with Crippen LogP contribution in [-0.2, 0) is 14.3 Å². The second-order valence-electron chi connectivity index (χ2n) is 9.39. The maximum absolute atomic E-state index is 13.0. The lowest BCUT2D eigenvalue weighted by molar-refractivity contribution is -0.256. The molecule has 2 N–H and O–H groups in total. The molecule has 3 aliphatic carbocycles. The molecule has 2 aliphatic heterocycles. The van der Waals surface area contributed by atoms with Crippen LogP contribution in [0.3, 0.4) is 0 Å². The van der Waals surface area contributed by atoms with Gasteiger partial charge in [-0.15, -0.1) is 0 Å². The molecule has 5 aliphatic rings. The van der Waals surface area contributed by atoms with Gasteiger partial charge in [0, 0.05) is 5.92 Å². The average molecular weight is 346 g/mol. The smallest absolute Gasteiger partial charge is 0.317 e. The lowest BCUT2D eigenvalue weighted by atomic mass is 9.46. The van der Waals surface area contributed by atoms with Gasteiger partial charge in [-0.05, 0) is 48.5 Å². The number of hydrogen-bond acceptors (Lipinski definition) is 5. The molecule has 2 heterocycles. The van der Waals surface area contributed by atoms with Crippen molar-refractivity contribution in [1.82, 2.24) is 0 Å². The maximum atomic E-state index is 13.0. The van der Waals surface area contributed by atoms with Crippen LogP contribution in [0.5, 0.6) is 0 Å². The summed E-state index contributed by atoms with van der Waals surface area (Å²) >= 11 is 0. The molecular formula is C20H26O5. The van der Waals surface area contributed by atoms with Crippen molar-refractivity contribution in [2.24, 2.45) is 34.0 Å². The van der Waals surface area contributed by atoms with Crippen LogP contribution >= 0.6 is 0 Å². The lowest BCUT2D eigenvalue weighted by Gasteiger charge is -2.58. The number of aliphatic hydroxyl groups excluding tert-OH is 2. The molecule has 5 heteroatoms. The van der Waals surface area contributed by atoms with E-state index in [1.807, 2.05) is 0 Å². The topological polar surface area (TPSA) is 76.0 Å². The number of aliphatic hydroxyl groups is 2. The number of allylic oxidation sites excluding steroid dienone is 1. The van der Waals surface area contributed by atoms with Crippen molar-refractivity contribution in [2.75, 3.05) is 0 Å². The normalized spacial score (nSPS) is 55.4. The summed E-state index contributed by atoms with van der Waals surface area (Å²) in [4.78, 5) is 13.0. The molecule has 2 saturated carbocycles. The molecule has 136 valence electrons. The van der Waals surface area contributed by atoms with Crippen LogP contribution in [0.25, 0.3) is 0 Å². The Morgan fingerprint density at radius 1 is 1.28 bits per heavy atom. The van der Waals surface area contributed by atoms with Crippen molar-refractivity contribution in [2.45, 2.75) is 58.2 Å². The van der Waals surface area contributed by atoms with E-state index in [9.17, 15) is 15.0 Å². The van der Waals surface area contributed by atoms with Gasteiger partial charge in [-0.25, -0.2) is 0 Å². The van der Waals surface area contributed by atoms with Crippen LogP contribution < -0.4 is 0 Å². The van der Waals surface area contributed by atoms with Gasteiger partial charge in [-0.3, -0.25) is 4.79 Å². The van der Waals surface area contributed by atoms with E-state index in [2.05, 4.69) is 32.6 Å².